The number of benzene rings is 2. The van der Waals surface area contributed by atoms with Crippen LogP contribution in [0.15, 0.2) is 30.3 Å². The van der Waals surface area contributed by atoms with Gasteiger partial charge in [-0.25, -0.2) is 0 Å². The quantitative estimate of drug-likeness (QED) is 0.928. The van der Waals surface area contributed by atoms with Gasteiger partial charge in [0.1, 0.15) is 0 Å². The fourth-order valence-electron chi connectivity index (χ4n) is 3.50. The molecule has 0 atom stereocenters. The summed E-state index contributed by atoms with van der Waals surface area (Å²) in [6.45, 7) is 4.08. The maximum atomic E-state index is 12.4. The van der Waals surface area contributed by atoms with E-state index in [4.69, 9.17) is 5.11 Å². The Labute approximate surface area is 136 Å². The zero-order chi connectivity index (χ0) is 16.6. The molecular weight excluding hydrogens is 288 g/mol. The minimum Gasteiger partial charge on any atom is -0.481 e. The van der Waals surface area contributed by atoms with Crippen LogP contribution in [0.4, 0.5) is 0 Å². The number of hydrogen-bond donors (Lipinski definition) is 1. The molecule has 2 aromatic carbocycles. The van der Waals surface area contributed by atoms with Gasteiger partial charge in [-0.05, 0) is 60.1 Å². The Hall–Kier alpha value is -2.42. The van der Waals surface area contributed by atoms with E-state index in [1.54, 1.807) is 0 Å². The van der Waals surface area contributed by atoms with Gasteiger partial charge in [0.2, 0.25) is 0 Å². The van der Waals surface area contributed by atoms with Crippen molar-refractivity contribution in [3.8, 4) is 11.1 Å². The molecule has 118 valence electrons. The van der Waals surface area contributed by atoms with E-state index in [1.807, 2.05) is 31.2 Å². The van der Waals surface area contributed by atoms with E-state index in [1.165, 1.54) is 11.1 Å². The van der Waals surface area contributed by atoms with Crippen LogP contribution in [-0.2, 0) is 17.6 Å². The van der Waals surface area contributed by atoms with Crippen LogP contribution in [0.5, 0.6) is 0 Å². The largest absolute Gasteiger partial charge is 0.481 e. The highest BCUT2D eigenvalue weighted by molar-refractivity contribution is 6.02. The Morgan fingerprint density at radius 1 is 1.13 bits per heavy atom. The molecule has 0 spiro atoms. The molecule has 1 aliphatic carbocycles. The Kier molecular flexibility index (Phi) is 4.03. The topological polar surface area (TPSA) is 54.4 Å². The first kappa shape index (κ1) is 15.5. The molecule has 1 aliphatic rings. The summed E-state index contributed by atoms with van der Waals surface area (Å²) in [7, 11) is 0. The third-order valence-electron chi connectivity index (χ3n) is 4.65. The number of aryl methyl sites for hydroxylation is 1. The smallest absolute Gasteiger partial charge is 0.307 e. The van der Waals surface area contributed by atoms with Crippen LogP contribution in [-0.4, -0.2) is 16.9 Å². The first-order valence-corrected chi connectivity index (χ1v) is 7.94. The molecule has 0 aromatic heterocycles. The van der Waals surface area contributed by atoms with E-state index in [0.717, 1.165) is 40.7 Å². The predicted octanol–water partition coefficient (Wildman–Crippen LogP) is 4.12. The van der Waals surface area contributed by atoms with Gasteiger partial charge in [0, 0.05) is 12.0 Å². The zero-order valence-electron chi connectivity index (χ0n) is 13.5. The molecule has 23 heavy (non-hydrogen) atoms. The number of carbonyl (C=O) groups is 2. The van der Waals surface area contributed by atoms with Gasteiger partial charge in [0.05, 0.1) is 6.42 Å². The highest BCUT2D eigenvalue weighted by Crippen LogP contribution is 2.34. The first-order chi connectivity index (χ1) is 11.0. The maximum Gasteiger partial charge on any atom is 0.307 e. The van der Waals surface area contributed by atoms with Gasteiger partial charge < -0.3 is 5.11 Å². The number of hydrogen-bond acceptors (Lipinski definition) is 2. The molecule has 3 nitrogen and oxygen atoms in total. The molecule has 0 unspecified atom stereocenters. The Bertz CT molecular complexity index is 786. The van der Waals surface area contributed by atoms with Crippen molar-refractivity contribution in [2.45, 2.75) is 39.5 Å². The molecule has 2 aromatic rings. The lowest BCUT2D eigenvalue weighted by Gasteiger charge is -2.22. The van der Waals surface area contributed by atoms with E-state index in [9.17, 15) is 9.59 Å². The average molecular weight is 308 g/mol. The van der Waals surface area contributed by atoms with Crippen LogP contribution in [0, 0.1) is 13.8 Å². The molecule has 1 N–H and O–H groups in total. The Balaban J connectivity index is 2.07. The van der Waals surface area contributed by atoms with Crippen LogP contribution in [0.1, 0.15) is 45.5 Å². The zero-order valence-corrected chi connectivity index (χ0v) is 13.5. The molecule has 0 amide bonds. The predicted molar refractivity (Wildman–Crippen MR) is 90.0 cm³/mol. The molecule has 0 heterocycles. The van der Waals surface area contributed by atoms with Gasteiger partial charge in [0.25, 0.3) is 0 Å². The summed E-state index contributed by atoms with van der Waals surface area (Å²) in [4.78, 5) is 23.1. The van der Waals surface area contributed by atoms with Crippen LogP contribution in [0.25, 0.3) is 11.1 Å². The Morgan fingerprint density at radius 3 is 2.48 bits per heavy atom. The average Bonchev–Trinajstić information content (AvgIpc) is 2.51. The van der Waals surface area contributed by atoms with Gasteiger partial charge in [-0.1, -0.05) is 30.3 Å². The molecule has 0 fully saturated rings. The second-order valence-electron chi connectivity index (χ2n) is 6.26. The van der Waals surface area contributed by atoms with Crippen molar-refractivity contribution in [1.82, 2.24) is 0 Å². The number of ketones is 1. The molecule has 0 radical (unpaired) electrons. The van der Waals surface area contributed by atoms with Crippen LogP contribution < -0.4 is 0 Å². The molecule has 3 heteroatoms. The van der Waals surface area contributed by atoms with Crippen molar-refractivity contribution < 1.29 is 14.7 Å². The Morgan fingerprint density at radius 2 is 1.83 bits per heavy atom. The molecule has 0 aliphatic heterocycles. The molecular formula is C20H20O3. The fraction of sp³-hybridized carbons (Fsp3) is 0.300. The highest BCUT2D eigenvalue weighted by Gasteiger charge is 2.23. The van der Waals surface area contributed by atoms with Crippen molar-refractivity contribution >= 4 is 11.8 Å². The summed E-state index contributed by atoms with van der Waals surface area (Å²) >= 11 is 0. The minimum absolute atomic E-state index is 0.0287. The third kappa shape index (κ3) is 2.91. The summed E-state index contributed by atoms with van der Waals surface area (Å²) in [6.07, 6.45) is 2.58. The first-order valence-electron chi connectivity index (χ1n) is 7.94. The lowest BCUT2D eigenvalue weighted by molar-refractivity contribution is -0.136. The van der Waals surface area contributed by atoms with Crippen LogP contribution in [0.2, 0.25) is 0 Å². The van der Waals surface area contributed by atoms with Gasteiger partial charge in [0.15, 0.2) is 5.78 Å². The van der Waals surface area contributed by atoms with Crippen molar-refractivity contribution in [2.24, 2.45) is 0 Å². The van der Waals surface area contributed by atoms with E-state index in [2.05, 4.69) is 13.0 Å². The standard InChI is InChI=1S/C20H20O3/c1-12-10-17(13(2)20-16(12)4-3-5-18(20)21)15-8-6-14(7-9-15)11-19(22)23/h6-10H,3-5,11H2,1-2H3,(H,22,23). The van der Waals surface area contributed by atoms with Crippen LogP contribution >= 0.6 is 0 Å². The summed E-state index contributed by atoms with van der Waals surface area (Å²) in [5, 5.41) is 8.86. The van der Waals surface area contributed by atoms with E-state index < -0.39 is 5.97 Å². The summed E-state index contributed by atoms with van der Waals surface area (Å²) in [5.74, 6) is -0.583. The lowest BCUT2D eigenvalue weighted by Crippen LogP contribution is -2.15. The van der Waals surface area contributed by atoms with Gasteiger partial charge >= 0.3 is 5.97 Å². The van der Waals surface area contributed by atoms with E-state index in [0.29, 0.717) is 6.42 Å². The van der Waals surface area contributed by atoms with Crippen molar-refractivity contribution in [1.29, 1.82) is 0 Å². The third-order valence-corrected chi connectivity index (χ3v) is 4.65. The summed E-state index contributed by atoms with van der Waals surface area (Å²) in [5.41, 5.74) is 7.19. The summed E-state index contributed by atoms with van der Waals surface area (Å²) in [6, 6.07) is 9.73. The number of rotatable bonds is 3. The van der Waals surface area contributed by atoms with Gasteiger partial charge in [-0.3, -0.25) is 9.59 Å². The number of carbonyl (C=O) groups excluding carboxylic acids is 1. The molecule has 0 bridgehead atoms. The van der Waals surface area contributed by atoms with E-state index in [-0.39, 0.29) is 12.2 Å². The minimum atomic E-state index is -0.829. The number of carboxylic acid groups (broad SMARTS) is 1. The normalized spacial score (nSPS) is 13.7. The van der Waals surface area contributed by atoms with Gasteiger partial charge in [-0.2, -0.15) is 0 Å². The van der Waals surface area contributed by atoms with Gasteiger partial charge in [-0.15, -0.1) is 0 Å². The maximum absolute atomic E-state index is 12.4. The SMILES string of the molecule is Cc1cc(-c2ccc(CC(=O)O)cc2)c(C)c2c1CCCC2=O. The number of carboxylic acids is 1. The second-order valence-corrected chi connectivity index (χ2v) is 6.26. The molecule has 3 rings (SSSR count). The highest BCUT2D eigenvalue weighted by atomic mass is 16.4. The van der Waals surface area contributed by atoms with Crippen LogP contribution in [0.3, 0.4) is 0 Å². The second kappa shape index (κ2) is 5.99. The van der Waals surface area contributed by atoms with Crippen molar-refractivity contribution in [3.05, 3.63) is 58.1 Å². The van der Waals surface area contributed by atoms with E-state index >= 15 is 0 Å². The monoisotopic (exact) mass is 308 g/mol. The summed E-state index contributed by atoms with van der Waals surface area (Å²) < 4.78 is 0. The van der Waals surface area contributed by atoms with Crippen molar-refractivity contribution in [3.63, 3.8) is 0 Å². The number of fused-ring (bicyclic) bond motifs is 1. The fourth-order valence-corrected chi connectivity index (χ4v) is 3.50. The number of Topliss-reactive ketones (excluding diaryl/α,β-unsaturated/α-hetero) is 1. The molecule has 0 saturated carbocycles. The molecule has 0 saturated heterocycles. The number of aliphatic carboxylic acids is 1. The lowest BCUT2D eigenvalue weighted by atomic mass is 9.81. The van der Waals surface area contributed by atoms with Crippen molar-refractivity contribution in [2.75, 3.05) is 0 Å².